The lowest BCUT2D eigenvalue weighted by molar-refractivity contribution is -0.116. The Morgan fingerprint density at radius 2 is 1.55 bits per heavy atom. The Morgan fingerprint density at radius 3 is 2.26 bits per heavy atom. The number of methoxy groups -OCH3 is 1. The van der Waals surface area contributed by atoms with Crippen molar-refractivity contribution in [2.45, 2.75) is 24.8 Å². The van der Waals surface area contributed by atoms with Gasteiger partial charge in [-0.25, -0.2) is 0 Å². The summed E-state index contributed by atoms with van der Waals surface area (Å²) in [6, 6.07) is 23.6. The summed E-state index contributed by atoms with van der Waals surface area (Å²) in [7, 11) is 1.65. The standard InChI is InChI=1S/C26H23ClN2O2/c1-31-20-12-8-17(9-13-20)26-25-23(28-21-4-2-3-5-22(21)29-26)14-18(15-24(25)30)16-6-10-19(27)11-7-16/h2-13,18,26,28-29H,14-15H2,1H3/t18-,26+/m1/s1. The summed E-state index contributed by atoms with van der Waals surface area (Å²) >= 11 is 6.07. The van der Waals surface area contributed by atoms with Gasteiger partial charge in [0.15, 0.2) is 5.78 Å². The number of rotatable bonds is 3. The number of allylic oxidation sites excluding steroid dienone is 1. The minimum absolute atomic E-state index is 0.123. The molecule has 0 aromatic heterocycles. The highest BCUT2D eigenvalue weighted by Gasteiger charge is 2.36. The fourth-order valence-electron chi connectivity index (χ4n) is 4.51. The van der Waals surface area contributed by atoms with E-state index in [0.717, 1.165) is 45.9 Å². The summed E-state index contributed by atoms with van der Waals surface area (Å²) in [6.45, 7) is 0. The Hall–Kier alpha value is -3.24. The number of ether oxygens (including phenoxy) is 1. The molecule has 31 heavy (non-hydrogen) atoms. The summed E-state index contributed by atoms with van der Waals surface area (Å²) in [5.74, 6) is 1.08. The van der Waals surface area contributed by atoms with Gasteiger partial charge in [-0.1, -0.05) is 48.0 Å². The monoisotopic (exact) mass is 430 g/mol. The van der Waals surface area contributed by atoms with Gasteiger partial charge in [-0.15, -0.1) is 0 Å². The molecule has 0 fully saturated rings. The van der Waals surface area contributed by atoms with Crippen LogP contribution in [-0.2, 0) is 4.79 Å². The maximum Gasteiger partial charge on any atom is 0.163 e. The van der Waals surface area contributed by atoms with Gasteiger partial charge in [0.2, 0.25) is 0 Å². The van der Waals surface area contributed by atoms with Crippen molar-refractivity contribution in [3.8, 4) is 5.75 Å². The Morgan fingerprint density at radius 1 is 0.871 bits per heavy atom. The number of anilines is 2. The molecule has 0 saturated carbocycles. The number of hydrogen-bond acceptors (Lipinski definition) is 4. The Balaban J connectivity index is 1.58. The molecule has 2 aliphatic rings. The molecule has 156 valence electrons. The van der Waals surface area contributed by atoms with Gasteiger partial charge in [0.05, 0.1) is 24.5 Å². The van der Waals surface area contributed by atoms with Gasteiger partial charge >= 0.3 is 0 Å². The lowest BCUT2D eigenvalue weighted by atomic mass is 9.78. The smallest absolute Gasteiger partial charge is 0.163 e. The first-order chi connectivity index (χ1) is 15.1. The van der Waals surface area contributed by atoms with Gasteiger partial charge in [0.25, 0.3) is 0 Å². The number of para-hydroxylation sites is 2. The van der Waals surface area contributed by atoms with Gasteiger partial charge in [-0.05, 0) is 59.9 Å². The van der Waals surface area contributed by atoms with E-state index in [1.54, 1.807) is 7.11 Å². The highest BCUT2D eigenvalue weighted by molar-refractivity contribution is 6.30. The van der Waals surface area contributed by atoms with E-state index in [9.17, 15) is 4.79 Å². The molecular formula is C26H23ClN2O2. The van der Waals surface area contributed by atoms with E-state index in [0.29, 0.717) is 11.4 Å². The molecule has 2 atom stereocenters. The predicted molar refractivity (Wildman–Crippen MR) is 125 cm³/mol. The number of carbonyl (C=O) groups excluding carboxylic acids is 1. The van der Waals surface area contributed by atoms with Crippen LogP contribution in [0.25, 0.3) is 0 Å². The SMILES string of the molecule is COc1ccc([C@@H]2Nc3ccccc3NC3=C2C(=O)C[C@H](c2ccc(Cl)cc2)C3)cc1. The van der Waals surface area contributed by atoms with E-state index in [4.69, 9.17) is 16.3 Å². The summed E-state index contributed by atoms with van der Waals surface area (Å²) in [6.07, 6.45) is 1.25. The van der Waals surface area contributed by atoms with Crippen LogP contribution in [-0.4, -0.2) is 12.9 Å². The van der Waals surface area contributed by atoms with Crippen LogP contribution < -0.4 is 15.4 Å². The molecular weight excluding hydrogens is 408 g/mol. The Labute approximate surface area is 186 Å². The van der Waals surface area contributed by atoms with Crippen LogP contribution in [0.4, 0.5) is 11.4 Å². The van der Waals surface area contributed by atoms with Crippen molar-refractivity contribution in [1.82, 2.24) is 0 Å². The molecule has 0 radical (unpaired) electrons. The van der Waals surface area contributed by atoms with Gasteiger partial charge in [0.1, 0.15) is 5.75 Å². The number of fused-ring (bicyclic) bond motifs is 1. The molecule has 0 amide bonds. The van der Waals surface area contributed by atoms with Gasteiger partial charge in [-0.2, -0.15) is 0 Å². The zero-order valence-electron chi connectivity index (χ0n) is 17.2. The lowest BCUT2D eigenvalue weighted by Gasteiger charge is -2.30. The van der Waals surface area contributed by atoms with E-state index < -0.39 is 0 Å². The summed E-state index contributed by atoms with van der Waals surface area (Å²) in [5, 5.41) is 7.88. The number of benzene rings is 3. The molecule has 1 aliphatic heterocycles. The molecule has 3 aromatic carbocycles. The number of hydrogen-bond donors (Lipinski definition) is 2. The van der Waals surface area contributed by atoms with E-state index in [-0.39, 0.29) is 17.7 Å². The normalized spacial score (nSPS) is 20.1. The second-order valence-corrected chi connectivity index (χ2v) is 8.43. The average Bonchev–Trinajstić information content (AvgIpc) is 2.96. The number of carbonyl (C=O) groups is 1. The molecule has 0 saturated heterocycles. The molecule has 3 aromatic rings. The maximum absolute atomic E-state index is 13.5. The molecule has 0 bridgehead atoms. The molecule has 2 N–H and O–H groups in total. The van der Waals surface area contributed by atoms with Gasteiger partial charge in [-0.3, -0.25) is 4.79 Å². The highest BCUT2D eigenvalue weighted by atomic mass is 35.5. The van der Waals surface area contributed by atoms with Gasteiger partial charge in [0, 0.05) is 22.7 Å². The molecule has 0 unspecified atom stereocenters. The summed E-state index contributed by atoms with van der Waals surface area (Å²) < 4.78 is 5.32. The topological polar surface area (TPSA) is 50.4 Å². The molecule has 1 aliphatic carbocycles. The maximum atomic E-state index is 13.5. The zero-order chi connectivity index (χ0) is 21.4. The van der Waals surface area contributed by atoms with E-state index >= 15 is 0 Å². The minimum Gasteiger partial charge on any atom is -0.497 e. The number of nitrogens with one attached hydrogen (secondary N) is 2. The number of ketones is 1. The first-order valence-corrected chi connectivity index (χ1v) is 10.8. The second-order valence-electron chi connectivity index (χ2n) is 7.99. The number of halogens is 1. The first kappa shape index (κ1) is 19.7. The molecule has 0 spiro atoms. The summed E-state index contributed by atoms with van der Waals surface area (Å²) in [4.78, 5) is 13.5. The van der Waals surface area contributed by atoms with Crippen LogP contribution in [0.1, 0.15) is 35.9 Å². The summed E-state index contributed by atoms with van der Waals surface area (Å²) in [5.41, 5.74) is 5.92. The van der Waals surface area contributed by atoms with E-state index in [1.807, 2.05) is 72.8 Å². The van der Waals surface area contributed by atoms with Crippen LogP contribution >= 0.6 is 11.6 Å². The predicted octanol–water partition coefficient (Wildman–Crippen LogP) is 6.33. The second kappa shape index (κ2) is 8.12. The fraction of sp³-hybridized carbons (Fsp3) is 0.192. The molecule has 4 nitrogen and oxygen atoms in total. The third-order valence-corrected chi connectivity index (χ3v) is 6.35. The van der Waals surface area contributed by atoms with Crippen molar-refractivity contribution in [2.75, 3.05) is 17.7 Å². The van der Waals surface area contributed by atoms with Crippen LogP contribution in [0.15, 0.2) is 84.1 Å². The number of Topliss-reactive ketones (excluding diaryl/α,β-unsaturated/α-hetero) is 1. The van der Waals surface area contributed by atoms with Crippen molar-refractivity contribution < 1.29 is 9.53 Å². The van der Waals surface area contributed by atoms with Gasteiger partial charge < -0.3 is 15.4 Å². The quantitative estimate of drug-likeness (QED) is 0.509. The van der Waals surface area contributed by atoms with Crippen LogP contribution in [0.5, 0.6) is 5.75 Å². The molecule has 1 heterocycles. The van der Waals surface area contributed by atoms with Crippen molar-refractivity contribution >= 4 is 28.8 Å². The van der Waals surface area contributed by atoms with Crippen molar-refractivity contribution in [1.29, 1.82) is 0 Å². The van der Waals surface area contributed by atoms with Crippen molar-refractivity contribution in [2.24, 2.45) is 0 Å². The van der Waals surface area contributed by atoms with Crippen LogP contribution in [0, 0.1) is 0 Å². The lowest BCUT2D eigenvalue weighted by Crippen LogP contribution is -2.26. The zero-order valence-corrected chi connectivity index (χ0v) is 17.9. The van der Waals surface area contributed by atoms with Crippen molar-refractivity contribution in [3.63, 3.8) is 0 Å². The van der Waals surface area contributed by atoms with Crippen molar-refractivity contribution in [3.05, 3.63) is 100 Å². The van der Waals surface area contributed by atoms with E-state index in [1.165, 1.54) is 0 Å². The van der Waals surface area contributed by atoms with Crippen LogP contribution in [0.2, 0.25) is 5.02 Å². The minimum atomic E-state index is -0.226. The third kappa shape index (κ3) is 3.79. The third-order valence-electron chi connectivity index (χ3n) is 6.10. The Bertz CT molecular complexity index is 1150. The Kier molecular flexibility index (Phi) is 5.16. The van der Waals surface area contributed by atoms with Crippen LogP contribution in [0.3, 0.4) is 0 Å². The average molecular weight is 431 g/mol. The molecule has 5 rings (SSSR count). The fourth-order valence-corrected chi connectivity index (χ4v) is 4.64. The largest absolute Gasteiger partial charge is 0.497 e. The first-order valence-electron chi connectivity index (χ1n) is 10.4. The highest BCUT2D eigenvalue weighted by Crippen LogP contribution is 2.44. The molecule has 5 heteroatoms. The van der Waals surface area contributed by atoms with E-state index in [2.05, 4.69) is 10.6 Å².